The van der Waals surface area contributed by atoms with Crippen LogP contribution in [0, 0.1) is 0 Å². The summed E-state index contributed by atoms with van der Waals surface area (Å²) in [6.45, 7) is 0. The molecular weight excluding hydrogens is 298 g/mol. The highest BCUT2D eigenvalue weighted by Gasteiger charge is 2.30. The van der Waals surface area contributed by atoms with Gasteiger partial charge in [0.1, 0.15) is 11.9 Å². The second-order valence-electron chi connectivity index (χ2n) is 4.88. The van der Waals surface area contributed by atoms with Gasteiger partial charge in [0.05, 0.1) is 7.11 Å². The fourth-order valence-corrected chi connectivity index (χ4v) is 2.11. The van der Waals surface area contributed by atoms with E-state index >= 15 is 0 Å². The number of hydrogen-bond donors (Lipinski definition) is 3. The van der Waals surface area contributed by atoms with Gasteiger partial charge in [-0.3, -0.25) is 4.79 Å². The lowest BCUT2D eigenvalue weighted by Gasteiger charge is -2.21. The minimum atomic E-state index is -1.48. The summed E-state index contributed by atoms with van der Waals surface area (Å²) < 4.78 is 5.05. The number of aliphatic hydroxyl groups is 1. The van der Waals surface area contributed by atoms with E-state index in [2.05, 4.69) is 5.32 Å². The molecule has 23 heavy (non-hydrogen) atoms. The standard InChI is InChI=1S/C17H17NO5/c1-23-13-9-5-8-12(10-13)15(19)14(17(21)22)18-16(20)11-6-3-2-4-7-11/h2-10,14-15,19H,1H3,(H,18,20)(H,21,22). The Labute approximate surface area is 133 Å². The van der Waals surface area contributed by atoms with Crippen LogP contribution in [-0.2, 0) is 4.79 Å². The average Bonchev–Trinajstić information content (AvgIpc) is 2.59. The van der Waals surface area contributed by atoms with Crippen LogP contribution in [0.2, 0.25) is 0 Å². The minimum absolute atomic E-state index is 0.316. The number of carbonyl (C=O) groups is 2. The molecule has 6 heteroatoms. The summed E-state index contributed by atoms with van der Waals surface area (Å²) in [7, 11) is 1.47. The van der Waals surface area contributed by atoms with E-state index in [-0.39, 0.29) is 0 Å². The molecule has 0 heterocycles. The number of methoxy groups -OCH3 is 1. The molecule has 0 radical (unpaired) electrons. The molecule has 0 spiro atoms. The lowest BCUT2D eigenvalue weighted by Crippen LogP contribution is -2.45. The van der Waals surface area contributed by atoms with Crippen LogP contribution in [0.4, 0.5) is 0 Å². The number of ether oxygens (including phenoxy) is 1. The highest BCUT2D eigenvalue weighted by atomic mass is 16.5. The Hall–Kier alpha value is -2.86. The van der Waals surface area contributed by atoms with Gasteiger partial charge in [0.15, 0.2) is 6.04 Å². The monoisotopic (exact) mass is 315 g/mol. The number of carbonyl (C=O) groups excluding carboxylic acids is 1. The zero-order valence-electron chi connectivity index (χ0n) is 12.5. The van der Waals surface area contributed by atoms with Crippen molar-refractivity contribution in [1.82, 2.24) is 5.32 Å². The molecule has 1 amide bonds. The minimum Gasteiger partial charge on any atom is -0.497 e. The quantitative estimate of drug-likeness (QED) is 0.752. The van der Waals surface area contributed by atoms with Crippen molar-refractivity contribution in [2.45, 2.75) is 12.1 Å². The van der Waals surface area contributed by atoms with Gasteiger partial charge >= 0.3 is 5.97 Å². The number of hydrogen-bond acceptors (Lipinski definition) is 4. The molecule has 2 rings (SSSR count). The van der Waals surface area contributed by atoms with E-state index < -0.39 is 24.0 Å². The Kier molecular flexibility index (Phi) is 5.32. The first-order chi connectivity index (χ1) is 11.0. The van der Waals surface area contributed by atoms with E-state index in [1.54, 1.807) is 48.5 Å². The molecule has 0 saturated heterocycles. The van der Waals surface area contributed by atoms with Crippen molar-refractivity contribution in [2.24, 2.45) is 0 Å². The van der Waals surface area contributed by atoms with Crippen LogP contribution in [-0.4, -0.2) is 35.2 Å². The lowest BCUT2D eigenvalue weighted by molar-refractivity contribution is -0.142. The van der Waals surface area contributed by atoms with E-state index in [0.29, 0.717) is 16.9 Å². The molecule has 120 valence electrons. The van der Waals surface area contributed by atoms with Crippen molar-refractivity contribution in [2.75, 3.05) is 7.11 Å². The van der Waals surface area contributed by atoms with Gasteiger partial charge in [0.2, 0.25) is 0 Å². The highest BCUT2D eigenvalue weighted by molar-refractivity contribution is 5.96. The third-order valence-corrected chi connectivity index (χ3v) is 3.34. The maximum absolute atomic E-state index is 12.1. The maximum atomic E-state index is 12.1. The van der Waals surface area contributed by atoms with E-state index in [1.165, 1.54) is 13.2 Å². The van der Waals surface area contributed by atoms with Gasteiger partial charge < -0.3 is 20.3 Å². The van der Waals surface area contributed by atoms with Crippen LogP contribution in [0.1, 0.15) is 22.0 Å². The summed E-state index contributed by atoms with van der Waals surface area (Å²) in [6, 6.07) is 13.1. The first kappa shape index (κ1) is 16.5. The van der Waals surface area contributed by atoms with Gasteiger partial charge in [-0.05, 0) is 29.8 Å². The largest absolute Gasteiger partial charge is 0.497 e. The first-order valence-corrected chi connectivity index (χ1v) is 6.93. The molecule has 0 aliphatic carbocycles. The Morgan fingerprint density at radius 1 is 1.09 bits per heavy atom. The van der Waals surface area contributed by atoms with E-state index in [9.17, 15) is 19.8 Å². The molecule has 6 nitrogen and oxygen atoms in total. The molecule has 2 unspecified atom stereocenters. The Bertz CT molecular complexity index is 686. The van der Waals surface area contributed by atoms with E-state index in [0.717, 1.165) is 0 Å². The number of aliphatic hydroxyl groups excluding tert-OH is 1. The topological polar surface area (TPSA) is 95.9 Å². The van der Waals surface area contributed by atoms with Gasteiger partial charge in [0.25, 0.3) is 5.91 Å². The van der Waals surface area contributed by atoms with E-state index in [1.807, 2.05) is 0 Å². The van der Waals surface area contributed by atoms with Crippen LogP contribution in [0.5, 0.6) is 5.75 Å². The molecule has 0 bridgehead atoms. The molecule has 2 atom stereocenters. The highest BCUT2D eigenvalue weighted by Crippen LogP contribution is 2.22. The number of aliphatic carboxylic acids is 1. The van der Waals surface area contributed by atoms with Crippen molar-refractivity contribution in [3.63, 3.8) is 0 Å². The van der Waals surface area contributed by atoms with Crippen LogP contribution >= 0.6 is 0 Å². The molecule has 0 aromatic heterocycles. The summed E-state index contributed by atoms with van der Waals surface area (Å²) >= 11 is 0. The third kappa shape index (κ3) is 4.08. The molecule has 0 saturated carbocycles. The SMILES string of the molecule is COc1cccc(C(O)C(NC(=O)c2ccccc2)C(=O)O)c1. The van der Waals surface area contributed by atoms with Crippen molar-refractivity contribution >= 4 is 11.9 Å². The predicted octanol–water partition coefficient (Wildman–Crippen LogP) is 1.61. The fraction of sp³-hybridized carbons (Fsp3) is 0.176. The number of carboxylic acid groups (broad SMARTS) is 1. The van der Waals surface area contributed by atoms with Crippen LogP contribution in [0.3, 0.4) is 0 Å². The van der Waals surface area contributed by atoms with Crippen molar-refractivity contribution < 1.29 is 24.5 Å². The van der Waals surface area contributed by atoms with Gasteiger partial charge in [-0.25, -0.2) is 4.79 Å². The second-order valence-corrected chi connectivity index (χ2v) is 4.88. The van der Waals surface area contributed by atoms with E-state index in [4.69, 9.17) is 4.74 Å². The smallest absolute Gasteiger partial charge is 0.329 e. The number of benzene rings is 2. The third-order valence-electron chi connectivity index (χ3n) is 3.34. The number of amides is 1. The molecule has 0 fully saturated rings. The Morgan fingerprint density at radius 2 is 1.78 bits per heavy atom. The van der Waals surface area contributed by atoms with Crippen molar-refractivity contribution in [3.05, 3.63) is 65.7 Å². The molecule has 0 aliphatic rings. The lowest BCUT2D eigenvalue weighted by atomic mass is 10.0. The number of nitrogens with one attached hydrogen (secondary N) is 1. The van der Waals surface area contributed by atoms with Gasteiger partial charge in [0, 0.05) is 5.56 Å². The molecule has 2 aromatic rings. The average molecular weight is 315 g/mol. The van der Waals surface area contributed by atoms with Crippen LogP contribution in [0.15, 0.2) is 54.6 Å². The first-order valence-electron chi connectivity index (χ1n) is 6.93. The molecule has 3 N–H and O–H groups in total. The maximum Gasteiger partial charge on any atom is 0.329 e. The molecular formula is C17H17NO5. The van der Waals surface area contributed by atoms with Gasteiger partial charge in [-0.1, -0.05) is 30.3 Å². The summed E-state index contributed by atoms with van der Waals surface area (Å²) in [6.07, 6.45) is -1.41. The Morgan fingerprint density at radius 3 is 2.39 bits per heavy atom. The zero-order valence-corrected chi connectivity index (χ0v) is 12.5. The summed E-state index contributed by atoms with van der Waals surface area (Å²) in [4.78, 5) is 23.5. The van der Waals surface area contributed by atoms with Crippen LogP contribution < -0.4 is 10.1 Å². The Balaban J connectivity index is 2.20. The van der Waals surface area contributed by atoms with Crippen molar-refractivity contribution in [3.8, 4) is 5.75 Å². The summed E-state index contributed by atoms with van der Waals surface area (Å²) in [5.74, 6) is -1.41. The molecule has 0 aliphatic heterocycles. The second kappa shape index (κ2) is 7.42. The predicted molar refractivity (Wildman–Crippen MR) is 83.3 cm³/mol. The van der Waals surface area contributed by atoms with Gasteiger partial charge in [-0.15, -0.1) is 0 Å². The molecule has 2 aromatic carbocycles. The van der Waals surface area contributed by atoms with Gasteiger partial charge in [-0.2, -0.15) is 0 Å². The summed E-state index contributed by atoms with van der Waals surface area (Å²) in [5.41, 5.74) is 0.654. The number of rotatable bonds is 6. The zero-order chi connectivity index (χ0) is 16.8. The summed E-state index contributed by atoms with van der Waals surface area (Å²) in [5, 5.41) is 22.0. The van der Waals surface area contributed by atoms with Crippen LogP contribution in [0.25, 0.3) is 0 Å². The van der Waals surface area contributed by atoms with Crippen molar-refractivity contribution in [1.29, 1.82) is 0 Å². The number of carboxylic acids is 1. The normalized spacial score (nSPS) is 13.0. The fourth-order valence-electron chi connectivity index (χ4n) is 2.11.